The Morgan fingerprint density at radius 3 is 3.17 bits per heavy atom. The van der Waals surface area contributed by atoms with Crippen molar-refractivity contribution in [2.45, 2.75) is 36.3 Å². The van der Waals surface area contributed by atoms with Crippen molar-refractivity contribution in [3.05, 3.63) is 22.8 Å². The molecule has 2 unspecified atom stereocenters. The second-order valence-electron chi connectivity index (χ2n) is 4.82. The molecule has 0 bridgehead atoms. The predicted octanol–water partition coefficient (Wildman–Crippen LogP) is 2.82. The minimum Gasteiger partial charge on any atom is -0.388 e. The fourth-order valence-electron chi connectivity index (χ4n) is 2.58. The molecule has 1 heterocycles. The average Bonchev–Trinajstić information content (AvgIpc) is 2.74. The summed E-state index contributed by atoms with van der Waals surface area (Å²) in [5, 5.41) is 11.4. The number of thioether (sulfide) groups is 1. The van der Waals surface area contributed by atoms with Crippen LogP contribution in [0.25, 0.3) is 0 Å². The highest BCUT2D eigenvalue weighted by Crippen LogP contribution is 2.38. The van der Waals surface area contributed by atoms with Crippen LogP contribution in [0, 0.1) is 5.92 Å². The van der Waals surface area contributed by atoms with Gasteiger partial charge in [-0.15, -0.1) is 11.8 Å². The van der Waals surface area contributed by atoms with Gasteiger partial charge in [0, 0.05) is 17.2 Å². The summed E-state index contributed by atoms with van der Waals surface area (Å²) in [4.78, 5) is 4.33. The van der Waals surface area contributed by atoms with E-state index in [0.717, 1.165) is 40.9 Å². The van der Waals surface area contributed by atoms with Gasteiger partial charge >= 0.3 is 0 Å². The fourth-order valence-corrected chi connectivity index (χ4v) is 4.12. The van der Waals surface area contributed by atoms with Gasteiger partial charge in [-0.3, -0.25) is 0 Å². The third-order valence-electron chi connectivity index (χ3n) is 3.71. The molecule has 5 heteroatoms. The Morgan fingerprint density at radius 1 is 1.61 bits per heavy atom. The van der Waals surface area contributed by atoms with Crippen LogP contribution < -0.4 is 5.73 Å². The number of rotatable bonds is 5. The molecule has 0 aromatic carbocycles. The van der Waals surface area contributed by atoms with Gasteiger partial charge in [0.1, 0.15) is 5.03 Å². The second-order valence-corrected chi connectivity index (χ2v) is 6.76. The zero-order valence-corrected chi connectivity index (χ0v) is 12.7. The maximum absolute atomic E-state index is 10.4. The van der Waals surface area contributed by atoms with Crippen LogP contribution in [-0.2, 0) is 0 Å². The van der Waals surface area contributed by atoms with Crippen molar-refractivity contribution in [2.24, 2.45) is 11.7 Å². The van der Waals surface area contributed by atoms with Crippen LogP contribution in [0.3, 0.4) is 0 Å². The minimum absolute atomic E-state index is 0.345. The largest absolute Gasteiger partial charge is 0.388 e. The Morgan fingerprint density at radius 2 is 2.44 bits per heavy atom. The van der Waals surface area contributed by atoms with Crippen LogP contribution in [0.4, 0.5) is 0 Å². The van der Waals surface area contributed by atoms with Gasteiger partial charge in [-0.1, -0.05) is 6.42 Å². The van der Waals surface area contributed by atoms with Gasteiger partial charge in [-0.25, -0.2) is 4.98 Å². The lowest BCUT2D eigenvalue weighted by atomic mass is 9.89. The molecule has 2 atom stereocenters. The molecular formula is C13H19BrN2OS. The molecule has 3 nitrogen and oxygen atoms in total. The molecule has 1 aliphatic rings. The van der Waals surface area contributed by atoms with Crippen molar-refractivity contribution < 1.29 is 5.11 Å². The number of pyridine rings is 1. The molecule has 1 aromatic heterocycles. The summed E-state index contributed by atoms with van der Waals surface area (Å²) in [7, 11) is 0. The maximum atomic E-state index is 10.4. The van der Waals surface area contributed by atoms with E-state index < -0.39 is 5.60 Å². The number of aromatic nitrogens is 1. The highest BCUT2D eigenvalue weighted by atomic mass is 79.9. The van der Waals surface area contributed by atoms with Crippen molar-refractivity contribution in [3.8, 4) is 0 Å². The highest BCUT2D eigenvalue weighted by molar-refractivity contribution is 9.10. The highest BCUT2D eigenvalue weighted by Gasteiger charge is 2.39. The second kappa shape index (κ2) is 6.37. The zero-order valence-electron chi connectivity index (χ0n) is 10.3. The lowest BCUT2D eigenvalue weighted by molar-refractivity contribution is 0.0103. The van der Waals surface area contributed by atoms with Gasteiger partial charge in [-0.2, -0.15) is 0 Å². The predicted molar refractivity (Wildman–Crippen MR) is 78.6 cm³/mol. The van der Waals surface area contributed by atoms with Gasteiger partial charge in [0.25, 0.3) is 0 Å². The van der Waals surface area contributed by atoms with E-state index in [1.807, 2.05) is 12.1 Å². The smallest absolute Gasteiger partial charge is 0.110 e. The van der Waals surface area contributed by atoms with Crippen molar-refractivity contribution in [2.75, 3.05) is 12.3 Å². The summed E-state index contributed by atoms with van der Waals surface area (Å²) in [5.41, 5.74) is 5.07. The lowest BCUT2D eigenvalue weighted by Gasteiger charge is -2.28. The Hall–Kier alpha value is -0.100. The average molecular weight is 331 g/mol. The van der Waals surface area contributed by atoms with Crippen LogP contribution in [0.2, 0.25) is 0 Å². The lowest BCUT2D eigenvalue weighted by Crippen LogP contribution is -2.41. The summed E-state index contributed by atoms with van der Waals surface area (Å²) in [6.07, 6.45) is 5.85. The first kappa shape index (κ1) is 14.3. The normalized spacial score (nSPS) is 27.6. The number of hydrogen-bond acceptors (Lipinski definition) is 4. The minimum atomic E-state index is -0.623. The van der Waals surface area contributed by atoms with Gasteiger partial charge in [0.15, 0.2) is 0 Å². The summed E-state index contributed by atoms with van der Waals surface area (Å²) in [5.74, 6) is 1.32. The Balaban J connectivity index is 1.84. The van der Waals surface area contributed by atoms with E-state index in [1.165, 1.54) is 0 Å². The number of hydrogen-bond donors (Lipinski definition) is 2. The third kappa shape index (κ3) is 3.26. The van der Waals surface area contributed by atoms with Gasteiger partial charge < -0.3 is 10.8 Å². The first-order valence-electron chi connectivity index (χ1n) is 6.31. The monoisotopic (exact) mass is 330 g/mol. The van der Waals surface area contributed by atoms with E-state index in [4.69, 9.17) is 5.73 Å². The van der Waals surface area contributed by atoms with E-state index in [2.05, 4.69) is 20.9 Å². The molecule has 0 spiro atoms. The molecule has 100 valence electrons. The van der Waals surface area contributed by atoms with Gasteiger partial charge in [0.2, 0.25) is 0 Å². The van der Waals surface area contributed by atoms with E-state index in [0.29, 0.717) is 12.5 Å². The van der Waals surface area contributed by atoms with Crippen LogP contribution in [0.5, 0.6) is 0 Å². The topological polar surface area (TPSA) is 59.1 Å². The van der Waals surface area contributed by atoms with Gasteiger partial charge in [-0.05, 0) is 59.0 Å². The van der Waals surface area contributed by atoms with E-state index in [9.17, 15) is 5.11 Å². The Kier molecular flexibility index (Phi) is 5.06. The third-order valence-corrected chi connectivity index (χ3v) is 5.65. The van der Waals surface area contributed by atoms with Crippen molar-refractivity contribution in [1.29, 1.82) is 0 Å². The summed E-state index contributed by atoms with van der Waals surface area (Å²) in [6.45, 7) is 0.385. The van der Waals surface area contributed by atoms with E-state index in [-0.39, 0.29) is 0 Å². The molecular weight excluding hydrogens is 312 g/mol. The molecule has 1 aliphatic carbocycles. The molecule has 0 saturated heterocycles. The summed E-state index contributed by atoms with van der Waals surface area (Å²) < 4.78 is 1.04. The molecule has 1 fully saturated rings. The summed E-state index contributed by atoms with van der Waals surface area (Å²) in [6, 6.07) is 3.92. The standard InChI is InChI=1S/C13H19BrN2OS/c14-11-4-2-7-16-12(11)18-8-5-10-3-1-6-13(10,17)9-15/h2,4,7,10,17H,1,3,5-6,8-9,15H2. The zero-order chi connectivity index (χ0) is 13.0. The molecule has 0 aliphatic heterocycles. The van der Waals surface area contributed by atoms with Crippen molar-refractivity contribution >= 4 is 27.7 Å². The number of nitrogens with zero attached hydrogens (tertiary/aromatic N) is 1. The molecule has 1 saturated carbocycles. The molecule has 0 amide bonds. The SMILES string of the molecule is NCC1(O)CCCC1CCSc1ncccc1Br. The Bertz CT molecular complexity index is 404. The molecule has 3 N–H and O–H groups in total. The molecule has 18 heavy (non-hydrogen) atoms. The van der Waals surface area contributed by atoms with Gasteiger partial charge in [0.05, 0.1) is 5.60 Å². The maximum Gasteiger partial charge on any atom is 0.110 e. The molecule has 0 radical (unpaired) electrons. The van der Waals surface area contributed by atoms with Crippen LogP contribution in [0.15, 0.2) is 27.8 Å². The quantitative estimate of drug-likeness (QED) is 0.815. The summed E-state index contributed by atoms with van der Waals surface area (Å²) >= 11 is 5.23. The van der Waals surface area contributed by atoms with Crippen molar-refractivity contribution in [3.63, 3.8) is 0 Å². The first-order chi connectivity index (χ1) is 8.65. The van der Waals surface area contributed by atoms with E-state index in [1.54, 1.807) is 18.0 Å². The Labute approximate surface area is 121 Å². The van der Waals surface area contributed by atoms with Crippen molar-refractivity contribution in [1.82, 2.24) is 4.98 Å². The van der Waals surface area contributed by atoms with Crippen LogP contribution in [0.1, 0.15) is 25.7 Å². The number of nitrogens with two attached hydrogens (primary N) is 1. The molecule has 1 aromatic rings. The fraction of sp³-hybridized carbons (Fsp3) is 0.615. The number of halogens is 1. The first-order valence-corrected chi connectivity index (χ1v) is 8.09. The van der Waals surface area contributed by atoms with Crippen LogP contribution >= 0.6 is 27.7 Å². The molecule has 2 rings (SSSR count). The number of aliphatic hydroxyl groups is 1. The van der Waals surface area contributed by atoms with E-state index >= 15 is 0 Å². The van der Waals surface area contributed by atoms with Crippen LogP contribution in [-0.4, -0.2) is 28.0 Å².